The van der Waals surface area contributed by atoms with Gasteiger partial charge in [-0.05, 0) is 31.4 Å². The molecule has 1 saturated heterocycles. The first-order valence-corrected chi connectivity index (χ1v) is 8.12. The number of carbonyl (C=O) groups excluding carboxylic acids is 1. The van der Waals surface area contributed by atoms with E-state index in [0.717, 1.165) is 50.4 Å². The summed E-state index contributed by atoms with van der Waals surface area (Å²) in [6.07, 6.45) is 6.06. The van der Waals surface area contributed by atoms with Crippen molar-refractivity contribution < 1.29 is 4.79 Å². The zero-order valence-corrected chi connectivity index (χ0v) is 13.0. The molecule has 1 amide bonds. The molecule has 1 aliphatic rings. The Hall–Kier alpha value is -2.11. The van der Waals surface area contributed by atoms with Crippen LogP contribution in [0.3, 0.4) is 0 Å². The molecular weight excluding hydrogens is 278 g/mol. The minimum Gasteiger partial charge on any atom is -0.356 e. The van der Waals surface area contributed by atoms with E-state index in [4.69, 9.17) is 0 Å². The van der Waals surface area contributed by atoms with Crippen LogP contribution >= 0.6 is 0 Å². The molecule has 0 aromatic carbocycles. The Labute approximate surface area is 130 Å². The van der Waals surface area contributed by atoms with Crippen LogP contribution in [0.5, 0.6) is 0 Å². The number of hydrogen-bond donors (Lipinski definition) is 1. The maximum Gasteiger partial charge on any atom is 0.231 e. The number of nitrogens with one attached hydrogen (secondary N) is 1. The summed E-state index contributed by atoms with van der Waals surface area (Å²) in [4.78, 5) is 14.4. The van der Waals surface area contributed by atoms with Crippen LogP contribution in [0.4, 0.5) is 5.95 Å². The van der Waals surface area contributed by atoms with Crippen LogP contribution in [0.2, 0.25) is 0 Å². The summed E-state index contributed by atoms with van der Waals surface area (Å²) in [6.45, 7) is 4.55. The number of carbonyl (C=O) groups is 1. The van der Waals surface area contributed by atoms with Crippen molar-refractivity contribution in [3.63, 3.8) is 0 Å². The smallest absolute Gasteiger partial charge is 0.231 e. The number of piperidine rings is 1. The van der Waals surface area contributed by atoms with Crippen LogP contribution in [0, 0.1) is 5.92 Å². The van der Waals surface area contributed by atoms with Crippen molar-refractivity contribution in [2.45, 2.75) is 32.6 Å². The van der Waals surface area contributed by atoms with Gasteiger partial charge in [0.1, 0.15) is 0 Å². The van der Waals surface area contributed by atoms with Crippen LogP contribution in [-0.2, 0) is 4.79 Å². The largest absolute Gasteiger partial charge is 0.356 e. The van der Waals surface area contributed by atoms with Gasteiger partial charge in [0.25, 0.3) is 0 Å². The fraction of sp³-hybridized carbons (Fsp3) is 0.562. The first kappa shape index (κ1) is 14.8. The van der Waals surface area contributed by atoms with Crippen molar-refractivity contribution in [1.29, 1.82) is 0 Å². The van der Waals surface area contributed by atoms with Gasteiger partial charge in [-0.1, -0.05) is 19.4 Å². The topological polar surface area (TPSA) is 62.5 Å². The quantitative estimate of drug-likeness (QED) is 0.856. The van der Waals surface area contributed by atoms with Crippen LogP contribution in [-0.4, -0.2) is 40.1 Å². The number of amides is 1. The Morgan fingerprint density at radius 1 is 1.41 bits per heavy atom. The van der Waals surface area contributed by atoms with Gasteiger partial charge in [-0.15, -0.1) is 10.2 Å². The predicted molar refractivity (Wildman–Crippen MR) is 85.8 cm³/mol. The van der Waals surface area contributed by atoms with Gasteiger partial charge in [-0.2, -0.15) is 0 Å². The lowest BCUT2D eigenvalue weighted by Gasteiger charge is -2.31. The molecule has 2 aromatic heterocycles. The minimum absolute atomic E-state index is 0.0432. The monoisotopic (exact) mass is 301 g/mol. The molecule has 1 N–H and O–H groups in total. The molecule has 22 heavy (non-hydrogen) atoms. The SMILES string of the molecule is CCCCNC(=O)C1CCCN(c2nnc3ccccn23)C1. The second-order valence-corrected chi connectivity index (χ2v) is 5.86. The summed E-state index contributed by atoms with van der Waals surface area (Å²) in [5.41, 5.74) is 0.840. The molecule has 6 heteroatoms. The average molecular weight is 301 g/mol. The van der Waals surface area contributed by atoms with Gasteiger partial charge in [0, 0.05) is 25.8 Å². The number of pyridine rings is 1. The van der Waals surface area contributed by atoms with Crippen LogP contribution in [0.15, 0.2) is 24.4 Å². The van der Waals surface area contributed by atoms with Gasteiger partial charge < -0.3 is 10.2 Å². The average Bonchev–Trinajstić information content (AvgIpc) is 2.99. The molecule has 3 heterocycles. The third-order valence-corrected chi connectivity index (χ3v) is 4.20. The maximum atomic E-state index is 12.3. The summed E-state index contributed by atoms with van der Waals surface area (Å²) >= 11 is 0. The molecule has 2 aromatic rings. The standard InChI is InChI=1S/C16H23N5O/c1-2-3-9-17-15(22)13-7-6-10-20(12-13)16-19-18-14-8-4-5-11-21(14)16/h4-5,8,11,13H,2-3,6-7,9-10,12H2,1H3,(H,17,22). The number of fused-ring (bicyclic) bond motifs is 1. The Morgan fingerprint density at radius 3 is 3.18 bits per heavy atom. The molecule has 0 aliphatic carbocycles. The predicted octanol–water partition coefficient (Wildman–Crippen LogP) is 1.86. The molecule has 0 spiro atoms. The zero-order valence-electron chi connectivity index (χ0n) is 13.0. The number of unbranched alkanes of at least 4 members (excludes halogenated alkanes) is 1. The molecule has 1 fully saturated rings. The van der Waals surface area contributed by atoms with Crippen molar-refractivity contribution in [2.75, 3.05) is 24.5 Å². The highest BCUT2D eigenvalue weighted by Crippen LogP contribution is 2.22. The second-order valence-electron chi connectivity index (χ2n) is 5.86. The second kappa shape index (κ2) is 6.77. The molecule has 1 atom stereocenters. The van der Waals surface area contributed by atoms with Crippen LogP contribution in [0.25, 0.3) is 5.65 Å². The normalized spacial score (nSPS) is 18.6. The van der Waals surface area contributed by atoms with E-state index in [1.165, 1.54) is 0 Å². The van der Waals surface area contributed by atoms with E-state index in [0.29, 0.717) is 6.54 Å². The zero-order chi connectivity index (χ0) is 15.4. The number of nitrogens with zero attached hydrogens (tertiary/aromatic N) is 4. The van der Waals surface area contributed by atoms with Gasteiger partial charge in [0.2, 0.25) is 11.9 Å². The third kappa shape index (κ3) is 3.05. The molecule has 118 valence electrons. The van der Waals surface area contributed by atoms with E-state index in [2.05, 4.69) is 27.3 Å². The van der Waals surface area contributed by atoms with E-state index >= 15 is 0 Å². The van der Waals surface area contributed by atoms with Gasteiger partial charge in [0.15, 0.2) is 5.65 Å². The Balaban J connectivity index is 1.69. The number of rotatable bonds is 5. The van der Waals surface area contributed by atoms with Crippen LogP contribution in [0.1, 0.15) is 32.6 Å². The Bertz CT molecular complexity index is 638. The number of anilines is 1. The summed E-state index contributed by atoms with van der Waals surface area (Å²) in [6, 6.07) is 5.86. The lowest BCUT2D eigenvalue weighted by Crippen LogP contribution is -2.44. The summed E-state index contributed by atoms with van der Waals surface area (Å²) in [5, 5.41) is 11.5. The fourth-order valence-corrected chi connectivity index (χ4v) is 2.95. The summed E-state index contributed by atoms with van der Waals surface area (Å²) < 4.78 is 1.98. The molecular formula is C16H23N5O. The maximum absolute atomic E-state index is 12.3. The van der Waals surface area contributed by atoms with Gasteiger partial charge in [-0.3, -0.25) is 9.20 Å². The minimum atomic E-state index is 0.0432. The lowest BCUT2D eigenvalue weighted by molar-refractivity contribution is -0.125. The fourth-order valence-electron chi connectivity index (χ4n) is 2.95. The van der Waals surface area contributed by atoms with E-state index in [9.17, 15) is 4.79 Å². The number of hydrogen-bond acceptors (Lipinski definition) is 4. The molecule has 3 rings (SSSR count). The van der Waals surface area contributed by atoms with E-state index in [1.54, 1.807) is 0 Å². The van der Waals surface area contributed by atoms with Crippen molar-refractivity contribution >= 4 is 17.5 Å². The van der Waals surface area contributed by atoms with E-state index in [1.807, 2.05) is 28.8 Å². The lowest BCUT2D eigenvalue weighted by atomic mass is 9.97. The molecule has 1 aliphatic heterocycles. The Kier molecular flexibility index (Phi) is 4.56. The van der Waals surface area contributed by atoms with Crippen molar-refractivity contribution in [3.05, 3.63) is 24.4 Å². The van der Waals surface area contributed by atoms with Crippen molar-refractivity contribution in [3.8, 4) is 0 Å². The van der Waals surface area contributed by atoms with Crippen molar-refractivity contribution in [1.82, 2.24) is 19.9 Å². The third-order valence-electron chi connectivity index (χ3n) is 4.20. The van der Waals surface area contributed by atoms with Crippen LogP contribution < -0.4 is 10.2 Å². The van der Waals surface area contributed by atoms with Crippen molar-refractivity contribution in [2.24, 2.45) is 5.92 Å². The summed E-state index contributed by atoms with van der Waals surface area (Å²) in [7, 11) is 0. The molecule has 0 radical (unpaired) electrons. The number of aromatic nitrogens is 3. The highest BCUT2D eigenvalue weighted by molar-refractivity contribution is 5.79. The molecule has 1 unspecified atom stereocenters. The highest BCUT2D eigenvalue weighted by Gasteiger charge is 2.27. The van der Waals surface area contributed by atoms with E-state index in [-0.39, 0.29) is 11.8 Å². The molecule has 0 saturated carbocycles. The first-order valence-electron chi connectivity index (χ1n) is 8.12. The first-order chi connectivity index (χ1) is 10.8. The van der Waals surface area contributed by atoms with Gasteiger partial charge >= 0.3 is 0 Å². The Morgan fingerprint density at radius 2 is 2.32 bits per heavy atom. The van der Waals surface area contributed by atoms with Gasteiger partial charge in [0.05, 0.1) is 5.92 Å². The molecule has 6 nitrogen and oxygen atoms in total. The summed E-state index contributed by atoms with van der Waals surface area (Å²) in [5.74, 6) is 1.05. The highest BCUT2D eigenvalue weighted by atomic mass is 16.1. The van der Waals surface area contributed by atoms with Gasteiger partial charge in [-0.25, -0.2) is 0 Å². The van der Waals surface area contributed by atoms with E-state index < -0.39 is 0 Å². The molecule has 0 bridgehead atoms.